The lowest BCUT2D eigenvalue weighted by Gasteiger charge is -2.35. The summed E-state index contributed by atoms with van der Waals surface area (Å²) in [7, 11) is 0. The van der Waals surface area contributed by atoms with Crippen LogP contribution in [-0.2, 0) is 9.59 Å². The molecule has 15 heavy (non-hydrogen) atoms. The lowest BCUT2D eigenvalue weighted by Crippen LogP contribution is -2.31. The fraction of sp³-hybridized carbons (Fsp3) is 0.333. The number of carbonyl (C=O) groups is 2. The van der Waals surface area contributed by atoms with Crippen molar-refractivity contribution in [2.24, 2.45) is 11.3 Å². The van der Waals surface area contributed by atoms with E-state index in [2.05, 4.69) is 22.5 Å². The van der Waals surface area contributed by atoms with Gasteiger partial charge in [-0.3, -0.25) is 9.59 Å². The van der Waals surface area contributed by atoms with Gasteiger partial charge in [0.05, 0.1) is 0 Å². The molecule has 1 aliphatic rings. The molecular formula is C12H13BrO2. The first-order valence-corrected chi connectivity index (χ1v) is 5.44. The van der Waals surface area contributed by atoms with Crippen LogP contribution in [0.4, 0.5) is 0 Å². The van der Waals surface area contributed by atoms with Crippen molar-refractivity contribution in [3.8, 4) is 0 Å². The van der Waals surface area contributed by atoms with Gasteiger partial charge in [-0.15, -0.1) is 6.58 Å². The molecule has 1 atom stereocenters. The molecule has 0 saturated heterocycles. The van der Waals surface area contributed by atoms with Crippen molar-refractivity contribution >= 4 is 28.0 Å². The monoisotopic (exact) mass is 268 g/mol. The highest BCUT2D eigenvalue weighted by molar-refractivity contribution is 9.11. The number of hydrogen-bond acceptors (Lipinski definition) is 2. The second-order valence-corrected chi connectivity index (χ2v) is 4.96. The van der Waals surface area contributed by atoms with Crippen LogP contribution in [0.2, 0.25) is 0 Å². The average Bonchev–Trinajstić information content (AvgIpc) is 2.16. The van der Waals surface area contributed by atoms with Gasteiger partial charge in [-0.05, 0) is 0 Å². The first-order valence-electron chi connectivity index (χ1n) is 4.65. The van der Waals surface area contributed by atoms with E-state index in [1.807, 2.05) is 13.8 Å². The van der Waals surface area contributed by atoms with Crippen molar-refractivity contribution in [2.75, 3.05) is 0 Å². The van der Waals surface area contributed by atoms with E-state index in [9.17, 15) is 9.59 Å². The SMILES string of the molecule is C=CC1C(Br)=CC=C(C(=O)C=O)C1(C)C. The summed E-state index contributed by atoms with van der Waals surface area (Å²) < 4.78 is 0.977. The van der Waals surface area contributed by atoms with Crippen LogP contribution in [0.3, 0.4) is 0 Å². The van der Waals surface area contributed by atoms with Crippen LogP contribution in [0, 0.1) is 11.3 Å². The van der Waals surface area contributed by atoms with E-state index >= 15 is 0 Å². The van der Waals surface area contributed by atoms with Gasteiger partial charge >= 0.3 is 0 Å². The van der Waals surface area contributed by atoms with Crippen LogP contribution < -0.4 is 0 Å². The van der Waals surface area contributed by atoms with Gasteiger partial charge in [-0.2, -0.15) is 0 Å². The molecule has 80 valence electrons. The van der Waals surface area contributed by atoms with Gasteiger partial charge in [0.15, 0.2) is 6.29 Å². The van der Waals surface area contributed by atoms with E-state index in [0.29, 0.717) is 11.9 Å². The largest absolute Gasteiger partial charge is 0.294 e. The topological polar surface area (TPSA) is 34.1 Å². The Balaban J connectivity index is 3.24. The minimum atomic E-state index is -0.455. The highest BCUT2D eigenvalue weighted by atomic mass is 79.9. The summed E-state index contributed by atoms with van der Waals surface area (Å²) in [6, 6.07) is 0. The fourth-order valence-corrected chi connectivity index (χ4v) is 2.76. The molecule has 3 heteroatoms. The summed E-state index contributed by atoms with van der Waals surface area (Å²) in [6.07, 6.45) is 5.64. The second kappa shape index (κ2) is 4.27. The van der Waals surface area contributed by atoms with Crippen LogP contribution >= 0.6 is 15.9 Å². The first-order chi connectivity index (χ1) is 6.95. The maximum atomic E-state index is 11.4. The maximum Gasteiger partial charge on any atom is 0.221 e. The number of rotatable bonds is 3. The number of carbonyl (C=O) groups excluding carboxylic acids is 2. The summed E-state index contributed by atoms with van der Waals surface area (Å²) in [5.74, 6) is -0.426. The van der Waals surface area contributed by atoms with E-state index in [1.54, 1.807) is 18.2 Å². The molecular weight excluding hydrogens is 256 g/mol. The molecule has 0 aromatic heterocycles. The molecule has 0 N–H and O–H groups in total. The Kier molecular flexibility index (Phi) is 3.45. The molecule has 0 amide bonds. The predicted molar refractivity (Wildman–Crippen MR) is 63.6 cm³/mol. The molecule has 1 aliphatic carbocycles. The molecule has 1 rings (SSSR count). The zero-order valence-corrected chi connectivity index (χ0v) is 10.4. The Hall–Kier alpha value is -0.960. The molecule has 0 heterocycles. The minimum Gasteiger partial charge on any atom is -0.294 e. The number of halogens is 1. The third-order valence-electron chi connectivity index (χ3n) is 2.79. The van der Waals surface area contributed by atoms with Crippen LogP contribution in [0.15, 0.2) is 34.9 Å². The van der Waals surface area contributed by atoms with E-state index < -0.39 is 11.2 Å². The quantitative estimate of drug-likeness (QED) is 0.448. The average molecular weight is 269 g/mol. The summed E-state index contributed by atoms with van der Waals surface area (Å²) in [5, 5.41) is 0. The molecule has 0 fully saturated rings. The minimum absolute atomic E-state index is 0.0291. The Labute approximate surface area is 97.9 Å². The van der Waals surface area contributed by atoms with E-state index in [4.69, 9.17) is 0 Å². The highest BCUT2D eigenvalue weighted by Gasteiger charge is 2.37. The lowest BCUT2D eigenvalue weighted by atomic mass is 9.69. The Bertz CT molecular complexity index is 375. The zero-order valence-electron chi connectivity index (χ0n) is 8.79. The third-order valence-corrected chi connectivity index (χ3v) is 3.54. The Morgan fingerprint density at radius 2 is 2.13 bits per heavy atom. The molecule has 0 aromatic carbocycles. The summed E-state index contributed by atoms with van der Waals surface area (Å²) in [6.45, 7) is 7.62. The third kappa shape index (κ3) is 2.02. The Morgan fingerprint density at radius 1 is 1.53 bits per heavy atom. The van der Waals surface area contributed by atoms with Crippen LogP contribution in [0.5, 0.6) is 0 Å². The molecule has 0 radical (unpaired) electrons. The van der Waals surface area contributed by atoms with Gasteiger partial charge in [-0.25, -0.2) is 0 Å². The van der Waals surface area contributed by atoms with Crippen molar-refractivity contribution < 1.29 is 9.59 Å². The van der Waals surface area contributed by atoms with Crippen molar-refractivity contribution in [3.63, 3.8) is 0 Å². The van der Waals surface area contributed by atoms with Crippen LogP contribution in [0.1, 0.15) is 13.8 Å². The Morgan fingerprint density at radius 3 is 2.60 bits per heavy atom. The maximum absolute atomic E-state index is 11.4. The van der Waals surface area contributed by atoms with Gasteiger partial charge < -0.3 is 0 Å². The smallest absolute Gasteiger partial charge is 0.221 e. The van der Waals surface area contributed by atoms with Gasteiger partial charge in [0.25, 0.3) is 0 Å². The molecule has 0 aromatic rings. The molecule has 2 nitrogen and oxygen atoms in total. The number of Topliss-reactive ketones (excluding diaryl/α,β-unsaturated/α-hetero) is 1. The predicted octanol–water partition coefficient (Wildman–Crippen LogP) is 2.80. The van der Waals surface area contributed by atoms with E-state index in [0.717, 1.165) is 4.48 Å². The fourth-order valence-electron chi connectivity index (χ4n) is 1.86. The van der Waals surface area contributed by atoms with Crippen molar-refractivity contribution in [3.05, 3.63) is 34.9 Å². The standard InChI is InChI=1S/C12H13BrO2/c1-4-8-10(13)6-5-9(11(15)7-14)12(8,2)3/h4-8H,1H2,2-3H3. The van der Waals surface area contributed by atoms with Crippen LogP contribution in [0.25, 0.3) is 0 Å². The highest BCUT2D eigenvalue weighted by Crippen LogP contribution is 2.44. The van der Waals surface area contributed by atoms with E-state index in [-0.39, 0.29) is 5.92 Å². The van der Waals surface area contributed by atoms with Gasteiger partial charge in [0.1, 0.15) is 0 Å². The molecule has 0 saturated carbocycles. The van der Waals surface area contributed by atoms with Gasteiger partial charge in [0, 0.05) is 21.4 Å². The number of ketones is 1. The summed E-state index contributed by atoms with van der Waals surface area (Å²) >= 11 is 3.43. The van der Waals surface area contributed by atoms with Crippen molar-refractivity contribution in [1.29, 1.82) is 0 Å². The summed E-state index contributed by atoms with van der Waals surface area (Å²) in [5.41, 5.74) is 0.137. The number of allylic oxidation sites excluding steroid dienone is 5. The summed E-state index contributed by atoms with van der Waals surface area (Å²) in [4.78, 5) is 22.0. The van der Waals surface area contributed by atoms with Crippen molar-refractivity contribution in [1.82, 2.24) is 0 Å². The number of hydrogen-bond donors (Lipinski definition) is 0. The first kappa shape index (κ1) is 12.1. The van der Waals surface area contributed by atoms with Gasteiger partial charge in [0.2, 0.25) is 5.78 Å². The second-order valence-electron chi connectivity index (χ2n) is 4.05. The zero-order chi connectivity index (χ0) is 11.6. The molecule has 0 aliphatic heterocycles. The van der Waals surface area contributed by atoms with Gasteiger partial charge in [-0.1, -0.05) is 48.0 Å². The van der Waals surface area contributed by atoms with E-state index in [1.165, 1.54) is 0 Å². The number of aldehydes is 1. The normalized spacial score (nSPS) is 23.8. The van der Waals surface area contributed by atoms with Crippen molar-refractivity contribution in [2.45, 2.75) is 13.8 Å². The molecule has 0 spiro atoms. The molecule has 0 bridgehead atoms. The lowest BCUT2D eigenvalue weighted by molar-refractivity contribution is -0.128. The molecule has 1 unspecified atom stereocenters. The van der Waals surface area contributed by atoms with Crippen LogP contribution in [-0.4, -0.2) is 12.1 Å².